The first-order chi connectivity index (χ1) is 7.09. The van der Waals surface area contributed by atoms with Crippen LogP contribution >= 0.6 is 10.8 Å². The largest absolute Gasteiger partial charge is 0.285 e. The first-order valence-corrected chi connectivity index (χ1v) is 6.45. The fourth-order valence-electron chi connectivity index (χ4n) is 2.47. The summed E-state index contributed by atoms with van der Waals surface area (Å²) in [5, 5.41) is 0. The summed E-state index contributed by atoms with van der Waals surface area (Å²) in [5.74, 6) is 0. The number of nitrogens with zero attached hydrogens (tertiary/aromatic N) is 1. The molecule has 1 N–H and O–H groups in total. The quantitative estimate of drug-likeness (QED) is 0.733. The first kappa shape index (κ1) is 9.66. The van der Waals surface area contributed by atoms with Gasteiger partial charge in [-0.15, -0.1) is 10.8 Å². The van der Waals surface area contributed by atoms with Gasteiger partial charge in [-0.05, 0) is 11.1 Å². The van der Waals surface area contributed by atoms with Crippen LogP contribution in [0.2, 0.25) is 0 Å². The number of fused-ring (bicyclic) bond motifs is 3. The smallest absolute Gasteiger partial charge is 0.111 e. The Hall–Kier alpha value is -0.550. The summed E-state index contributed by atoms with van der Waals surface area (Å²) in [4.78, 5) is 0. The topological polar surface area (TPSA) is 32.7 Å². The SMILES string of the molecule is [CH]S1(O)O[C@@H]2Cc3ccccc3[C@@H]2N1C. The highest BCUT2D eigenvalue weighted by Gasteiger charge is 2.48. The lowest BCUT2D eigenvalue weighted by atomic mass is 10.1. The normalized spacial score (nSPS) is 43.4. The van der Waals surface area contributed by atoms with Gasteiger partial charge in [0.25, 0.3) is 0 Å². The van der Waals surface area contributed by atoms with Crippen LogP contribution in [-0.4, -0.2) is 22.0 Å². The zero-order valence-corrected chi connectivity index (χ0v) is 9.28. The summed E-state index contributed by atoms with van der Waals surface area (Å²) < 4.78 is 17.1. The molecular formula is C11H13NO2S. The third-order valence-electron chi connectivity index (χ3n) is 3.22. The van der Waals surface area contributed by atoms with Crippen LogP contribution in [0.4, 0.5) is 0 Å². The molecule has 0 saturated carbocycles. The maximum atomic E-state index is 9.86. The predicted octanol–water partition coefficient (Wildman–Crippen LogP) is 2.39. The summed E-state index contributed by atoms with van der Waals surface area (Å²) in [7, 11) is -0.672. The predicted molar refractivity (Wildman–Crippen MR) is 60.0 cm³/mol. The van der Waals surface area contributed by atoms with Gasteiger partial charge in [0.15, 0.2) is 0 Å². The molecule has 1 aliphatic carbocycles. The van der Waals surface area contributed by atoms with Gasteiger partial charge in [-0.2, -0.15) is 4.31 Å². The molecule has 2 aliphatic rings. The van der Waals surface area contributed by atoms with Gasteiger partial charge in [0, 0.05) is 13.5 Å². The molecule has 1 aliphatic heterocycles. The molecule has 3 rings (SSSR count). The lowest BCUT2D eigenvalue weighted by Crippen LogP contribution is -2.20. The Morgan fingerprint density at radius 3 is 3.07 bits per heavy atom. The highest BCUT2D eigenvalue weighted by atomic mass is 32.3. The van der Waals surface area contributed by atoms with Crippen LogP contribution in [0.5, 0.6) is 0 Å². The molecule has 1 heterocycles. The molecule has 0 bridgehead atoms. The van der Waals surface area contributed by atoms with Crippen molar-refractivity contribution >= 4 is 10.8 Å². The summed E-state index contributed by atoms with van der Waals surface area (Å²) in [5.41, 5.74) is 2.54. The van der Waals surface area contributed by atoms with Crippen LogP contribution in [0, 0.1) is 6.26 Å². The van der Waals surface area contributed by atoms with Crippen molar-refractivity contribution in [1.29, 1.82) is 0 Å². The fourth-order valence-corrected chi connectivity index (χ4v) is 3.71. The van der Waals surface area contributed by atoms with Gasteiger partial charge >= 0.3 is 0 Å². The molecule has 0 aromatic heterocycles. The lowest BCUT2D eigenvalue weighted by Gasteiger charge is -2.35. The molecule has 4 heteroatoms. The van der Waals surface area contributed by atoms with Crippen LogP contribution in [0.15, 0.2) is 24.3 Å². The van der Waals surface area contributed by atoms with Crippen LogP contribution < -0.4 is 0 Å². The van der Waals surface area contributed by atoms with E-state index in [-0.39, 0.29) is 12.1 Å². The number of hydrogen-bond acceptors (Lipinski definition) is 3. The van der Waals surface area contributed by atoms with E-state index in [4.69, 9.17) is 10.4 Å². The molecule has 1 aromatic carbocycles. The molecule has 15 heavy (non-hydrogen) atoms. The van der Waals surface area contributed by atoms with Crippen molar-refractivity contribution in [1.82, 2.24) is 4.31 Å². The van der Waals surface area contributed by atoms with Crippen LogP contribution in [0.25, 0.3) is 0 Å². The molecule has 1 aromatic rings. The fraction of sp³-hybridized carbons (Fsp3) is 0.364. The Kier molecular flexibility index (Phi) is 1.92. The van der Waals surface area contributed by atoms with E-state index in [9.17, 15) is 4.55 Å². The Balaban J connectivity index is 2.05. The molecule has 0 spiro atoms. The molecular weight excluding hydrogens is 210 g/mol. The Morgan fingerprint density at radius 1 is 1.53 bits per heavy atom. The zero-order chi connectivity index (χ0) is 10.6. The molecule has 80 valence electrons. The Bertz CT molecular complexity index is 407. The second-order valence-corrected chi connectivity index (χ2v) is 5.91. The van der Waals surface area contributed by atoms with Gasteiger partial charge in [-0.3, -0.25) is 8.74 Å². The van der Waals surface area contributed by atoms with Gasteiger partial charge in [-0.1, -0.05) is 24.3 Å². The summed E-state index contributed by atoms with van der Waals surface area (Å²) >= 11 is 0. The average molecular weight is 223 g/mol. The van der Waals surface area contributed by atoms with Gasteiger partial charge in [0.1, 0.15) is 12.4 Å². The van der Waals surface area contributed by atoms with Gasteiger partial charge < -0.3 is 0 Å². The number of rotatable bonds is 0. The average Bonchev–Trinajstić information content (AvgIpc) is 2.62. The summed E-state index contributed by atoms with van der Waals surface area (Å²) in [6.45, 7) is 0. The second kappa shape index (κ2) is 2.98. The van der Waals surface area contributed by atoms with Crippen molar-refractivity contribution in [2.24, 2.45) is 0 Å². The maximum Gasteiger partial charge on any atom is 0.111 e. The van der Waals surface area contributed by atoms with E-state index in [1.54, 1.807) is 4.31 Å². The lowest BCUT2D eigenvalue weighted by molar-refractivity contribution is 0.217. The summed E-state index contributed by atoms with van der Waals surface area (Å²) in [6.07, 6.45) is 6.57. The molecule has 0 amide bonds. The standard InChI is InChI=1S/C11H13NO2S/c1-12-11-9-6-4-3-5-8(9)7-10(11)14-15(12,2)13/h2-6,10-11,13H,7H2,1H3/t10-,11+/m1/s1. The van der Waals surface area contributed by atoms with Gasteiger partial charge in [-0.25, -0.2) is 0 Å². The van der Waals surface area contributed by atoms with Crippen molar-refractivity contribution < 1.29 is 8.74 Å². The van der Waals surface area contributed by atoms with Crippen LogP contribution in [0.3, 0.4) is 0 Å². The number of benzene rings is 1. The highest BCUT2D eigenvalue weighted by Crippen LogP contribution is 2.62. The van der Waals surface area contributed by atoms with E-state index in [0.717, 1.165) is 6.42 Å². The molecule has 1 fully saturated rings. The van der Waals surface area contributed by atoms with Gasteiger partial charge in [0.05, 0.1) is 6.04 Å². The highest BCUT2D eigenvalue weighted by molar-refractivity contribution is 8.24. The van der Waals surface area contributed by atoms with E-state index in [2.05, 4.69) is 12.1 Å². The van der Waals surface area contributed by atoms with E-state index >= 15 is 0 Å². The van der Waals surface area contributed by atoms with Crippen molar-refractivity contribution in [3.63, 3.8) is 0 Å². The summed E-state index contributed by atoms with van der Waals surface area (Å²) in [6, 6.07) is 8.35. The van der Waals surface area contributed by atoms with E-state index in [1.165, 1.54) is 11.1 Å². The third kappa shape index (κ3) is 1.26. The van der Waals surface area contributed by atoms with Gasteiger partial charge in [0.2, 0.25) is 0 Å². The van der Waals surface area contributed by atoms with E-state index < -0.39 is 10.8 Å². The maximum absolute atomic E-state index is 9.86. The van der Waals surface area contributed by atoms with Crippen molar-refractivity contribution in [3.05, 3.63) is 41.6 Å². The van der Waals surface area contributed by atoms with Crippen molar-refractivity contribution in [2.75, 3.05) is 7.05 Å². The Morgan fingerprint density at radius 2 is 2.27 bits per heavy atom. The van der Waals surface area contributed by atoms with Crippen LogP contribution in [-0.2, 0) is 10.6 Å². The first-order valence-electron chi connectivity index (χ1n) is 4.92. The molecule has 2 radical (unpaired) electrons. The van der Waals surface area contributed by atoms with Crippen molar-refractivity contribution in [2.45, 2.75) is 18.6 Å². The minimum absolute atomic E-state index is 0.0115. The molecule has 3 atom stereocenters. The van der Waals surface area contributed by atoms with Crippen molar-refractivity contribution in [3.8, 4) is 0 Å². The number of likely N-dealkylation sites (N-methyl/N-ethyl adjacent to an activating group) is 1. The third-order valence-corrected chi connectivity index (χ3v) is 4.80. The number of hydrogen-bond donors (Lipinski definition) is 1. The van der Waals surface area contributed by atoms with E-state index in [1.807, 2.05) is 19.2 Å². The minimum Gasteiger partial charge on any atom is -0.285 e. The monoisotopic (exact) mass is 223 g/mol. The second-order valence-electron chi connectivity index (χ2n) is 4.07. The zero-order valence-electron chi connectivity index (χ0n) is 8.46. The van der Waals surface area contributed by atoms with Crippen LogP contribution in [0.1, 0.15) is 17.2 Å². The molecule has 3 nitrogen and oxygen atoms in total. The van der Waals surface area contributed by atoms with E-state index in [0.29, 0.717) is 0 Å². The molecule has 1 unspecified atom stereocenters. The minimum atomic E-state index is -2.49. The molecule has 1 saturated heterocycles. The Labute approximate surface area is 91.5 Å².